The van der Waals surface area contributed by atoms with Gasteiger partial charge in [-0.1, -0.05) is 61.8 Å². The van der Waals surface area contributed by atoms with Crippen LogP contribution in [0.5, 0.6) is 0 Å². The fourth-order valence-electron chi connectivity index (χ4n) is 1.92. The van der Waals surface area contributed by atoms with Crippen molar-refractivity contribution in [2.45, 2.75) is 12.3 Å². The molecule has 24 heavy (non-hydrogen) atoms. The highest BCUT2D eigenvalue weighted by Gasteiger charge is 2.12. The van der Waals surface area contributed by atoms with Crippen LogP contribution in [-0.4, -0.2) is 11.1 Å². The molecule has 0 radical (unpaired) electrons. The molecule has 2 aromatic carbocycles. The average molecular weight is 538 g/mol. The van der Waals surface area contributed by atoms with Crippen LogP contribution in [0.15, 0.2) is 51.4 Å². The number of nitrogens with one attached hydrogen (secondary N) is 2. The first-order valence-electron chi connectivity index (χ1n) is 6.73. The van der Waals surface area contributed by atoms with Crippen LogP contribution in [-0.2, 0) is 12.3 Å². The van der Waals surface area contributed by atoms with Crippen LogP contribution in [0.3, 0.4) is 0 Å². The van der Waals surface area contributed by atoms with Gasteiger partial charge in [-0.15, -0.1) is 17.0 Å². The summed E-state index contributed by atoms with van der Waals surface area (Å²) in [7, 11) is 0. The molecule has 0 atom stereocenters. The lowest BCUT2D eigenvalue weighted by atomic mass is 10.1. The average Bonchev–Trinajstić information content (AvgIpc) is 2.52. The Balaban J connectivity index is 0.00000288. The molecule has 0 aliphatic carbocycles. The van der Waals surface area contributed by atoms with Gasteiger partial charge in [-0.3, -0.25) is 10.2 Å². The molecule has 0 aliphatic heterocycles. The standard InChI is InChI=1S/C16H15Br2N3OS.BrH/c17-12-4-1-10(2-5-12)8-21-15(22)14-7-13(18)6-3-11(14)9-23-16(19)20;/h1-7H,8-9H2,(H3,19,20)(H,21,22);1H. The quantitative estimate of drug-likeness (QED) is 0.377. The Morgan fingerprint density at radius 3 is 2.38 bits per heavy atom. The zero-order valence-electron chi connectivity index (χ0n) is 12.5. The summed E-state index contributed by atoms with van der Waals surface area (Å²) >= 11 is 7.97. The van der Waals surface area contributed by atoms with Crippen molar-refractivity contribution in [3.05, 3.63) is 68.1 Å². The van der Waals surface area contributed by atoms with Crippen LogP contribution in [0.25, 0.3) is 0 Å². The van der Waals surface area contributed by atoms with Gasteiger partial charge in [-0.2, -0.15) is 0 Å². The number of rotatable bonds is 5. The van der Waals surface area contributed by atoms with Crippen molar-refractivity contribution in [1.82, 2.24) is 5.32 Å². The summed E-state index contributed by atoms with van der Waals surface area (Å²) in [5, 5.41) is 10.3. The zero-order chi connectivity index (χ0) is 16.8. The lowest BCUT2D eigenvalue weighted by molar-refractivity contribution is 0.0950. The van der Waals surface area contributed by atoms with E-state index in [1.165, 1.54) is 11.8 Å². The van der Waals surface area contributed by atoms with E-state index in [-0.39, 0.29) is 28.1 Å². The molecule has 2 aromatic rings. The van der Waals surface area contributed by atoms with Crippen LogP contribution in [0.4, 0.5) is 0 Å². The van der Waals surface area contributed by atoms with E-state index in [0.717, 1.165) is 20.1 Å². The van der Waals surface area contributed by atoms with Gasteiger partial charge in [0.25, 0.3) is 5.91 Å². The summed E-state index contributed by atoms with van der Waals surface area (Å²) in [6, 6.07) is 13.3. The Hall–Kier alpha value is -0.830. The number of benzene rings is 2. The fraction of sp³-hybridized carbons (Fsp3) is 0.125. The molecule has 0 aromatic heterocycles. The third kappa shape index (κ3) is 6.58. The highest BCUT2D eigenvalue weighted by Crippen LogP contribution is 2.21. The number of halogens is 3. The number of thioether (sulfide) groups is 1. The second-order valence-electron chi connectivity index (χ2n) is 4.76. The van der Waals surface area contributed by atoms with Crippen LogP contribution >= 0.6 is 60.6 Å². The molecule has 2 rings (SSSR count). The van der Waals surface area contributed by atoms with Crippen molar-refractivity contribution in [3.63, 3.8) is 0 Å². The zero-order valence-corrected chi connectivity index (χ0v) is 18.2. The van der Waals surface area contributed by atoms with Crippen LogP contribution in [0.1, 0.15) is 21.5 Å². The summed E-state index contributed by atoms with van der Waals surface area (Å²) < 4.78 is 1.84. The number of carbonyl (C=O) groups is 1. The van der Waals surface area contributed by atoms with E-state index in [9.17, 15) is 4.79 Å². The van der Waals surface area contributed by atoms with Gasteiger partial charge in [0.15, 0.2) is 5.17 Å². The summed E-state index contributed by atoms with van der Waals surface area (Å²) in [5.41, 5.74) is 7.84. The van der Waals surface area contributed by atoms with Crippen molar-refractivity contribution in [2.75, 3.05) is 0 Å². The predicted octanol–water partition coefficient (Wildman–Crippen LogP) is 4.85. The summed E-state index contributed by atoms with van der Waals surface area (Å²) in [4.78, 5) is 12.5. The topological polar surface area (TPSA) is 79.0 Å². The molecule has 0 fully saturated rings. The molecule has 0 saturated heterocycles. The smallest absolute Gasteiger partial charge is 0.251 e. The van der Waals surface area contributed by atoms with E-state index in [0.29, 0.717) is 17.9 Å². The third-order valence-electron chi connectivity index (χ3n) is 3.07. The lowest BCUT2D eigenvalue weighted by Gasteiger charge is -2.11. The van der Waals surface area contributed by atoms with E-state index in [1.807, 2.05) is 36.4 Å². The number of amidine groups is 1. The summed E-state index contributed by atoms with van der Waals surface area (Å²) in [6.45, 7) is 0.456. The highest BCUT2D eigenvalue weighted by atomic mass is 79.9. The van der Waals surface area contributed by atoms with Crippen molar-refractivity contribution in [1.29, 1.82) is 5.41 Å². The number of amides is 1. The van der Waals surface area contributed by atoms with Crippen molar-refractivity contribution < 1.29 is 4.79 Å². The van der Waals surface area contributed by atoms with Crippen LogP contribution in [0, 0.1) is 5.41 Å². The number of nitrogens with two attached hydrogens (primary N) is 1. The summed E-state index contributed by atoms with van der Waals surface area (Å²) in [5.74, 6) is 0.345. The number of carbonyl (C=O) groups excluding carboxylic acids is 1. The maximum Gasteiger partial charge on any atom is 0.251 e. The van der Waals surface area contributed by atoms with Crippen molar-refractivity contribution >= 4 is 71.7 Å². The molecule has 4 N–H and O–H groups in total. The molecule has 128 valence electrons. The first-order chi connectivity index (χ1) is 11.0. The van der Waals surface area contributed by atoms with Crippen molar-refractivity contribution in [2.24, 2.45) is 5.73 Å². The van der Waals surface area contributed by atoms with Gasteiger partial charge in [0.05, 0.1) is 0 Å². The van der Waals surface area contributed by atoms with E-state index in [4.69, 9.17) is 11.1 Å². The first-order valence-corrected chi connectivity index (χ1v) is 9.31. The molecule has 4 nitrogen and oxygen atoms in total. The Bertz CT molecular complexity index is 723. The van der Waals surface area contributed by atoms with Gasteiger partial charge in [0.1, 0.15) is 0 Å². The highest BCUT2D eigenvalue weighted by molar-refractivity contribution is 9.10. The molecular formula is C16H16Br3N3OS. The minimum Gasteiger partial charge on any atom is -0.379 e. The third-order valence-corrected chi connectivity index (χ3v) is 4.85. The second kappa shape index (κ2) is 10.2. The molecule has 8 heteroatoms. The van der Waals surface area contributed by atoms with Gasteiger partial charge in [0.2, 0.25) is 0 Å². The van der Waals surface area contributed by atoms with Gasteiger partial charge >= 0.3 is 0 Å². The maximum absolute atomic E-state index is 12.5. The Morgan fingerprint density at radius 1 is 1.12 bits per heavy atom. The molecule has 0 saturated carbocycles. The number of hydrogen-bond acceptors (Lipinski definition) is 3. The predicted molar refractivity (Wildman–Crippen MR) is 113 cm³/mol. The number of hydrogen-bond donors (Lipinski definition) is 3. The molecule has 0 bridgehead atoms. The van der Waals surface area contributed by atoms with Gasteiger partial charge in [-0.05, 0) is 35.4 Å². The van der Waals surface area contributed by atoms with E-state index < -0.39 is 0 Å². The Kier molecular flexibility index (Phi) is 9.04. The lowest BCUT2D eigenvalue weighted by Crippen LogP contribution is -2.24. The second-order valence-corrected chi connectivity index (χ2v) is 7.61. The van der Waals surface area contributed by atoms with Crippen molar-refractivity contribution in [3.8, 4) is 0 Å². The monoisotopic (exact) mass is 535 g/mol. The minimum absolute atomic E-state index is 0. The normalized spacial score (nSPS) is 9.92. The van der Waals surface area contributed by atoms with Crippen LogP contribution in [0.2, 0.25) is 0 Å². The Morgan fingerprint density at radius 2 is 1.75 bits per heavy atom. The molecule has 0 unspecified atom stereocenters. The van der Waals surface area contributed by atoms with Gasteiger partial charge in [-0.25, -0.2) is 0 Å². The molecule has 1 amide bonds. The minimum atomic E-state index is -0.145. The van der Waals surface area contributed by atoms with Crippen LogP contribution < -0.4 is 11.1 Å². The van der Waals surface area contributed by atoms with E-state index >= 15 is 0 Å². The maximum atomic E-state index is 12.5. The van der Waals surface area contributed by atoms with Gasteiger partial charge in [0, 0.05) is 26.8 Å². The molecule has 0 heterocycles. The van der Waals surface area contributed by atoms with E-state index in [2.05, 4.69) is 37.2 Å². The first kappa shape index (κ1) is 21.2. The largest absolute Gasteiger partial charge is 0.379 e. The Labute approximate surface area is 172 Å². The van der Waals surface area contributed by atoms with Gasteiger partial charge < -0.3 is 11.1 Å². The molecule has 0 aliphatic rings. The summed E-state index contributed by atoms with van der Waals surface area (Å²) in [6.07, 6.45) is 0. The van der Waals surface area contributed by atoms with E-state index in [1.54, 1.807) is 6.07 Å². The SMILES string of the molecule is Br.N=C(N)SCc1ccc(Br)cc1C(=O)NCc1ccc(Br)cc1. The molecular weight excluding hydrogens is 522 g/mol. The fourth-order valence-corrected chi connectivity index (χ4v) is 3.11. The molecule has 0 spiro atoms.